The van der Waals surface area contributed by atoms with Crippen molar-refractivity contribution in [3.05, 3.63) is 65.0 Å². The van der Waals surface area contributed by atoms with Gasteiger partial charge in [0.1, 0.15) is 12.3 Å². The van der Waals surface area contributed by atoms with E-state index in [1.165, 1.54) is 17.2 Å². The minimum Gasteiger partial charge on any atom is -0.381 e. The smallest absolute Gasteiger partial charge is 0.172 e. The van der Waals surface area contributed by atoms with Crippen LogP contribution in [-0.2, 0) is 22.7 Å². The van der Waals surface area contributed by atoms with Crippen LogP contribution in [0.3, 0.4) is 0 Å². The second-order valence-corrected chi connectivity index (χ2v) is 7.20. The van der Waals surface area contributed by atoms with Crippen molar-refractivity contribution in [2.75, 3.05) is 26.8 Å². The zero-order chi connectivity index (χ0) is 20.5. The minimum atomic E-state index is 0.305. The summed E-state index contributed by atoms with van der Waals surface area (Å²) >= 11 is 0. The lowest BCUT2D eigenvalue weighted by Crippen LogP contribution is -2.18. The molecule has 1 N–H and O–H groups in total. The Labute approximate surface area is 171 Å². The molecule has 4 rings (SSSR count). The van der Waals surface area contributed by atoms with Crippen molar-refractivity contribution in [3.63, 3.8) is 0 Å². The maximum absolute atomic E-state index is 10.7. The largest absolute Gasteiger partial charge is 0.381 e. The number of carbonyl (C=O) groups is 1. The third-order valence-corrected chi connectivity index (χ3v) is 5.00. The van der Waals surface area contributed by atoms with E-state index >= 15 is 0 Å². The Morgan fingerprint density at radius 1 is 1.21 bits per heavy atom. The molecule has 0 bridgehead atoms. The van der Waals surface area contributed by atoms with Crippen LogP contribution >= 0.6 is 0 Å². The number of nitrogens with one attached hydrogen (secondary N) is 1. The Bertz CT molecular complexity index is 916. The van der Waals surface area contributed by atoms with Crippen molar-refractivity contribution < 1.29 is 18.8 Å². The van der Waals surface area contributed by atoms with Crippen molar-refractivity contribution in [1.29, 1.82) is 0 Å². The molecule has 1 fully saturated rings. The number of carbonyl (C=O) groups excluding carboxylic acids is 1. The van der Waals surface area contributed by atoms with E-state index in [4.69, 9.17) is 14.0 Å². The Morgan fingerprint density at radius 3 is 2.72 bits per heavy atom. The number of fused-ring (bicyclic) bond motifs is 1. The molecule has 2 aromatic carbocycles. The van der Waals surface area contributed by atoms with Crippen molar-refractivity contribution in [2.24, 2.45) is 5.92 Å². The molecule has 1 atom stereocenters. The van der Waals surface area contributed by atoms with Gasteiger partial charge in [-0.2, -0.15) is 0 Å². The van der Waals surface area contributed by atoms with E-state index in [2.05, 4.69) is 34.7 Å². The second kappa shape index (κ2) is 10.9. The van der Waals surface area contributed by atoms with Crippen LogP contribution < -0.4 is 5.32 Å². The lowest BCUT2D eigenvalue weighted by Gasteiger charge is -2.05. The summed E-state index contributed by atoms with van der Waals surface area (Å²) < 4.78 is 15.9. The highest BCUT2D eigenvalue weighted by Gasteiger charge is 2.13. The monoisotopic (exact) mass is 396 g/mol. The van der Waals surface area contributed by atoms with Crippen LogP contribution in [0.1, 0.15) is 33.8 Å². The van der Waals surface area contributed by atoms with Crippen LogP contribution in [-0.4, -0.2) is 38.2 Å². The molecule has 154 valence electrons. The molecule has 1 aromatic heterocycles. The molecule has 6 nitrogen and oxygen atoms in total. The number of ether oxygens (including phenoxy) is 2. The molecule has 0 radical (unpaired) electrons. The number of hydrogen-bond donors (Lipinski definition) is 1. The Balaban J connectivity index is 0.000000252. The van der Waals surface area contributed by atoms with E-state index in [0.29, 0.717) is 31.0 Å². The summed E-state index contributed by atoms with van der Waals surface area (Å²) in [7, 11) is 1.98. The number of hydrogen-bond acceptors (Lipinski definition) is 6. The Morgan fingerprint density at radius 2 is 2.03 bits per heavy atom. The van der Waals surface area contributed by atoms with E-state index in [9.17, 15) is 4.79 Å². The van der Waals surface area contributed by atoms with Crippen molar-refractivity contribution in [2.45, 2.75) is 26.6 Å². The van der Waals surface area contributed by atoms with Crippen LogP contribution in [0.15, 0.2) is 47.0 Å². The van der Waals surface area contributed by atoms with Crippen LogP contribution in [0, 0.1) is 12.8 Å². The summed E-state index contributed by atoms with van der Waals surface area (Å²) in [6.07, 6.45) is 1.92. The molecule has 1 saturated heterocycles. The van der Waals surface area contributed by atoms with Gasteiger partial charge in [0.25, 0.3) is 0 Å². The van der Waals surface area contributed by atoms with Gasteiger partial charge in [-0.1, -0.05) is 41.6 Å². The first-order chi connectivity index (χ1) is 14.2. The molecule has 6 heteroatoms. The average molecular weight is 396 g/mol. The lowest BCUT2D eigenvalue weighted by molar-refractivity contribution is 0.0878. The summed E-state index contributed by atoms with van der Waals surface area (Å²) in [4.78, 5) is 10.7. The maximum Gasteiger partial charge on any atom is 0.172 e. The Kier molecular flexibility index (Phi) is 7.93. The maximum atomic E-state index is 10.7. The van der Waals surface area contributed by atoms with Gasteiger partial charge in [-0.25, -0.2) is 0 Å². The third-order valence-electron chi connectivity index (χ3n) is 5.00. The number of benzene rings is 2. The van der Waals surface area contributed by atoms with Gasteiger partial charge < -0.3 is 19.3 Å². The summed E-state index contributed by atoms with van der Waals surface area (Å²) in [5.41, 5.74) is 2.17. The molecule has 29 heavy (non-hydrogen) atoms. The van der Waals surface area contributed by atoms with Gasteiger partial charge in [-0.15, -0.1) is 0 Å². The molecule has 3 aromatic rings. The number of rotatable bonds is 7. The van der Waals surface area contributed by atoms with Gasteiger partial charge in [0.2, 0.25) is 0 Å². The van der Waals surface area contributed by atoms with Crippen LogP contribution in [0.5, 0.6) is 0 Å². The SMILES string of the molecule is CNCC1CCOC1.Cc1c(C=O)noc1COCc1ccc2ccccc2c1. The second-order valence-electron chi connectivity index (χ2n) is 7.20. The van der Waals surface area contributed by atoms with Gasteiger partial charge in [-0.05, 0) is 55.3 Å². The fraction of sp³-hybridized carbons (Fsp3) is 0.391. The summed E-state index contributed by atoms with van der Waals surface area (Å²) in [6.45, 7) is 5.63. The lowest BCUT2D eigenvalue weighted by atomic mass is 10.1. The highest BCUT2D eigenvalue weighted by Crippen LogP contribution is 2.17. The molecular formula is C23H28N2O4. The molecular weight excluding hydrogens is 368 g/mol. The van der Waals surface area contributed by atoms with Crippen LogP contribution in [0.25, 0.3) is 10.8 Å². The molecule has 1 aliphatic rings. The van der Waals surface area contributed by atoms with Crippen molar-refractivity contribution in [3.8, 4) is 0 Å². The normalized spacial score (nSPS) is 15.9. The third kappa shape index (κ3) is 5.97. The summed E-state index contributed by atoms with van der Waals surface area (Å²) in [5, 5.41) is 9.21. The van der Waals surface area contributed by atoms with Gasteiger partial charge in [0.15, 0.2) is 12.0 Å². The number of aldehydes is 1. The first kappa shape index (κ1) is 21.2. The van der Waals surface area contributed by atoms with Gasteiger partial charge >= 0.3 is 0 Å². The standard InChI is InChI=1S/C17H15NO3.C6H13NO/c1-12-16(9-19)18-21-17(12)11-20-10-13-6-7-14-4-2-3-5-15(14)8-13;1-7-4-6-2-3-8-5-6/h2-9H,10-11H2,1H3;6-7H,2-5H2,1H3. The predicted molar refractivity (Wildman–Crippen MR) is 112 cm³/mol. The van der Waals surface area contributed by atoms with Gasteiger partial charge in [0.05, 0.1) is 13.2 Å². The van der Waals surface area contributed by atoms with Crippen molar-refractivity contribution in [1.82, 2.24) is 10.5 Å². The van der Waals surface area contributed by atoms with Crippen molar-refractivity contribution >= 4 is 17.1 Å². The predicted octanol–water partition coefficient (Wildman–Crippen LogP) is 3.91. The molecule has 0 saturated carbocycles. The number of aromatic nitrogens is 1. The topological polar surface area (TPSA) is 73.6 Å². The summed E-state index contributed by atoms with van der Waals surface area (Å²) in [6, 6.07) is 14.4. The zero-order valence-corrected chi connectivity index (χ0v) is 17.0. The first-order valence-electron chi connectivity index (χ1n) is 9.89. The molecule has 1 unspecified atom stereocenters. The molecule has 1 aliphatic heterocycles. The highest BCUT2D eigenvalue weighted by atomic mass is 16.5. The fourth-order valence-electron chi connectivity index (χ4n) is 3.25. The minimum absolute atomic E-state index is 0.305. The average Bonchev–Trinajstić information content (AvgIpc) is 3.39. The fourth-order valence-corrected chi connectivity index (χ4v) is 3.25. The quantitative estimate of drug-likeness (QED) is 0.611. The van der Waals surface area contributed by atoms with E-state index in [0.717, 1.165) is 36.8 Å². The van der Waals surface area contributed by atoms with Gasteiger partial charge in [0, 0.05) is 12.2 Å². The highest BCUT2D eigenvalue weighted by molar-refractivity contribution is 5.82. The van der Waals surface area contributed by atoms with Gasteiger partial charge in [-0.3, -0.25) is 4.79 Å². The molecule has 0 amide bonds. The first-order valence-corrected chi connectivity index (χ1v) is 9.89. The van der Waals surface area contributed by atoms with E-state index in [1.807, 2.05) is 25.2 Å². The van der Waals surface area contributed by atoms with Crippen LogP contribution in [0.4, 0.5) is 0 Å². The molecule has 0 aliphatic carbocycles. The van der Waals surface area contributed by atoms with E-state index in [-0.39, 0.29) is 0 Å². The number of nitrogens with zero attached hydrogens (tertiary/aromatic N) is 1. The Hall–Kier alpha value is -2.54. The zero-order valence-electron chi connectivity index (χ0n) is 17.0. The summed E-state index contributed by atoms with van der Waals surface area (Å²) in [5.74, 6) is 1.37. The van der Waals surface area contributed by atoms with Crippen LogP contribution in [0.2, 0.25) is 0 Å². The molecule has 0 spiro atoms. The molecule has 2 heterocycles. The van der Waals surface area contributed by atoms with E-state index in [1.54, 1.807) is 6.92 Å². The van der Waals surface area contributed by atoms with E-state index < -0.39 is 0 Å².